The predicted molar refractivity (Wildman–Crippen MR) is 117 cm³/mol. The SMILES string of the molecule is CC.CC.CCCN(CCC)c1cc(N)nc(OCCN2CCOCC2)c1. The third-order valence-electron chi connectivity index (χ3n) is 3.92. The van der Waals surface area contributed by atoms with E-state index in [9.17, 15) is 0 Å². The van der Waals surface area contributed by atoms with E-state index in [4.69, 9.17) is 15.2 Å². The van der Waals surface area contributed by atoms with Crippen molar-refractivity contribution in [3.63, 3.8) is 0 Å². The zero-order chi connectivity index (χ0) is 20.5. The lowest BCUT2D eigenvalue weighted by Crippen LogP contribution is -2.38. The fourth-order valence-corrected chi connectivity index (χ4v) is 2.78. The molecule has 0 aliphatic carbocycles. The quantitative estimate of drug-likeness (QED) is 0.695. The largest absolute Gasteiger partial charge is 0.476 e. The first-order chi connectivity index (χ1) is 13.2. The Hall–Kier alpha value is -1.53. The maximum absolute atomic E-state index is 5.96. The summed E-state index contributed by atoms with van der Waals surface area (Å²) in [5.41, 5.74) is 7.06. The molecule has 1 fully saturated rings. The highest BCUT2D eigenvalue weighted by Gasteiger charge is 2.11. The Morgan fingerprint density at radius 3 is 2.22 bits per heavy atom. The molecule has 158 valence electrons. The average Bonchev–Trinajstić information content (AvgIpc) is 2.71. The third-order valence-corrected chi connectivity index (χ3v) is 3.92. The molecular weight excluding hydrogens is 340 g/mol. The normalized spacial score (nSPS) is 13.7. The maximum atomic E-state index is 5.96. The molecule has 2 rings (SSSR count). The van der Waals surface area contributed by atoms with Crippen LogP contribution in [0.4, 0.5) is 11.5 Å². The van der Waals surface area contributed by atoms with E-state index in [2.05, 4.69) is 28.6 Å². The number of nitrogen functional groups attached to an aromatic ring is 1. The molecule has 0 amide bonds. The molecule has 2 N–H and O–H groups in total. The molecule has 1 aliphatic heterocycles. The van der Waals surface area contributed by atoms with Crippen LogP contribution in [-0.4, -0.2) is 62.4 Å². The number of aromatic nitrogens is 1. The first kappa shape index (κ1) is 25.5. The molecule has 6 heteroatoms. The van der Waals surface area contributed by atoms with Gasteiger partial charge in [-0.25, -0.2) is 0 Å². The molecule has 0 atom stereocenters. The van der Waals surface area contributed by atoms with E-state index in [0.717, 1.165) is 64.5 Å². The van der Waals surface area contributed by atoms with Crippen LogP contribution in [0.1, 0.15) is 54.4 Å². The Morgan fingerprint density at radius 1 is 1.07 bits per heavy atom. The Labute approximate surface area is 167 Å². The first-order valence-electron chi connectivity index (χ1n) is 10.7. The van der Waals surface area contributed by atoms with Crippen molar-refractivity contribution < 1.29 is 9.47 Å². The lowest BCUT2D eigenvalue weighted by Gasteiger charge is -2.26. The van der Waals surface area contributed by atoms with Gasteiger partial charge in [-0.1, -0.05) is 41.5 Å². The molecule has 1 aromatic rings. The fraction of sp³-hybridized carbons (Fsp3) is 0.762. The van der Waals surface area contributed by atoms with Gasteiger partial charge in [-0.2, -0.15) is 4.98 Å². The summed E-state index contributed by atoms with van der Waals surface area (Å²) in [7, 11) is 0. The minimum atomic E-state index is 0.515. The molecule has 0 saturated carbocycles. The molecule has 27 heavy (non-hydrogen) atoms. The average molecular weight is 383 g/mol. The molecule has 2 heterocycles. The molecule has 0 radical (unpaired) electrons. The second kappa shape index (κ2) is 16.6. The van der Waals surface area contributed by atoms with Gasteiger partial charge in [0.05, 0.1) is 13.2 Å². The minimum Gasteiger partial charge on any atom is -0.476 e. The van der Waals surface area contributed by atoms with Gasteiger partial charge >= 0.3 is 0 Å². The Balaban J connectivity index is 0.00000158. The van der Waals surface area contributed by atoms with Crippen molar-refractivity contribution in [3.05, 3.63) is 12.1 Å². The number of hydrogen-bond donors (Lipinski definition) is 1. The summed E-state index contributed by atoms with van der Waals surface area (Å²) in [5, 5.41) is 0. The van der Waals surface area contributed by atoms with E-state index >= 15 is 0 Å². The maximum Gasteiger partial charge on any atom is 0.217 e. The van der Waals surface area contributed by atoms with Gasteiger partial charge in [0.2, 0.25) is 5.88 Å². The van der Waals surface area contributed by atoms with Crippen molar-refractivity contribution >= 4 is 11.5 Å². The number of nitrogens with zero attached hydrogens (tertiary/aromatic N) is 3. The summed E-state index contributed by atoms with van der Waals surface area (Å²) in [6.07, 6.45) is 2.21. The van der Waals surface area contributed by atoms with E-state index in [1.165, 1.54) is 0 Å². The standard InChI is InChI=1S/C17H30N4O2.2C2H6/c1-3-5-21(6-4-2)15-13-16(18)19-17(14-15)23-12-9-20-7-10-22-11-8-20;2*1-2/h13-14H,3-12H2,1-2H3,(H2,18,19);2*1-2H3. The van der Waals surface area contributed by atoms with Gasteiger partial charge < -0.3 is 20.1 Å². The first-order valence-corrected chi connectivity index (χ1v) is 10.7. The van der Waals surface area contributed by atoms with Gasteiger partial charge in [0, 0.05) is 50.5 Å². The molecule has 1 aliphatic rings. The number of pyridine rings is 1. The number of morpholine rings is 1. The smallest absolute Gasteiger partial charge is 0.217 e. The third kappa shape index (κ3) is 10.4. The van der Waals surface area contributed by atoms with Crippen molar-refractivity contribution in [1.82, 2.24) is 9.88 Å². The van der Waals surface area contributed by atoms with Crippen LogP contribution in [0.2, 0.25) is 0 Å². The lowest BCUT2D eigenvalue weighted by atomic mass is 10.3. The lowest BCUT2D eigenvalue weighted by molar-refractivity contribution is 0.0320. The summed E-state index contributed by atoms with van der Waals surface area (Å²) in [6, 6.07) is 3.93. The summed E-state index contributed by atoms with van der Waals surface area (Å²) in [4.78, 5) is 8.99. The van der Waals surface area contributed by atoms with Gasteiger partial charge in [0.15, 0.2) is 0 Å². The van der Waals surface area contributed by atoms with Gasteiger partial charge in [-0.3, -0.25) is 4.90 Å². The van der Waals surface area contributed by atoms with Crippen LogP contribution in [0.5, 0.6) is 5.88 Å². The van der Waals surface area contributed by atoms with Crippen LogP contribution < -0.4 is 15.4 Å². The zero-order valence-electron chi connectivity index (χ0n) is 18.5. The minimum absolute atomic E-state index is 0.515. The second-order valence-corrected chi connectivity index (χ2v) is 5.88. The number of ether oxygens (including phenoxy) is 2. The van der Waals surface area contributed by atoms with E-state index in [1.807, 2.05) is 39.8 Å². The molecule has 1 saturated heterocycles. The van der Waals surface area contributed by atoms with Gasteiger partial charge in [0.1, 0.15) is 12.4 Å². The molecule has 0 bridgehead atoms. The summed E-state index contributed by atoms with van der Waals surface area (Å²) in [6.45, 7) is 19.5. The van der Waals surface area contributed by atoms with Crippen molar-refractivity contribution in [1.29, 1.82) is 0 Å². The number of nitrogens with two attached hydrogens (primary N) is 1. The topological polar surface area (TPSA) is 63.8 Å². The molecule has 0 aromatic carbocycles. The predicted octanol–water partition coefficient (Wildman–Crippen LogP) is 4.05. The van der Waals surface area contributed by atoms with Gasteiger partial charge in [-0.15, -0.1) is 0 Å². The molecule has 0 spiro atoms. The molecule has 0 unspecified atom stereocenters. The number of hydrogen-bond acceptors (Lipinski definition) is 6. The van der Waals surface area contributed by atoms with E-state index in [1.54, 1.807) is 0 Å². The van der Waals surface area contributed by atoms with Crippen LogP contribution >= 0.6 is 0 Å². The van der Waals surface area contributed by atoms with Crippen LogP contribution in [-0.2, 0) is 4.74 Å². The Kier molecular flexibility index (Phi) is 15.7. The molecule has 6 nitrogen and oxygen atoms in total. The second-order valence-electron chi connectivity index (χ2n) is 5.88. The highest BCUT2D eigenvalue weighted by atomic mass is 16.5. The van der Waals surface area contributed by atoms with E-state index in [-0.39, 0.29) is 0 Å². The van der Waals surface area contributed by atoms with Crippen molar-refractivity contribution in [2.75, 3.05) is 63.2 Å². The highest BCUT2D eigenvalue weighted by molar-refractivity contribution is 5.55. The van der Waals surface area contributed by atoms with Gasteiger partial charge in [0.25, 0.3) is 0 Å². The van der Waals surface area contributed by atoms with Crippen molar-refractivity contribution in [2.45, 2.75) is 54.4 Å². The van der Waals surface area contributed by atoms with Crippen LogP contribution in [0, 0.1) is 0 Å². The van der Waals surface area contributed by atoms with Gasteiger partial charge in [-0.05, 0) is 12.8 Å². The summed E-state index contributed by atoms with van der Waals surface area (Å²) < 4.78 is 11.2. The Morgan fingerprint density at radius 2 is 1.67 bits per heavy atom. The summed E-state index contributed by atoms with van der Waals surface area (Å²) >= 11 is 0. The van der Waals surface area contributed by atoms with Crippen LogP contribution in [0.15, 0.2) is 12.1 Å². The Bertz CT molecular complexity index is 459. The number of rotatable bonds is 9. The molecule has 1 aromatic heterocycles. The fourth-order valence-electron chi connectivity index (χ4n) is 2.78. The van der Waals surface area contributed by atoms with Crippen LogP contribution in [0.3, 0.4) is 0 Å². The highest BCUT2D eigenvalue weighted by Crippen LogP contribution is 2.23. The van der Waals surface area contributed by atoms with Crippen molar-refractivity contribution in [2.24, 2.45) is 0 Å². The summed E-state index contributed by atoms with van der Waals surface area (Å²) in [5.74, 6) is 1.13. The number of anilines is 2. The molecular formula is C21H42N4O2. The van der Waals surface area contributed by atoms with E-state index in [0.29, 0.717) is 18.3 Å². The van der Waals surface area contributed by atoms with E-state index < -0.39 is 0 Å². The zero-order valence-corrected chi connectivity index (χ0v) is 18.5. The van der Waals surface area contributed by atoms with Crippen LogP contribution in [0.25, 0.3) is 0 Å². The van der Waals surface area contributed by atoms with Crippen molar-refractivity contribution in [3.8, 4) is 5.88 Å². The monoisotopic (exact) mass is 382 g/mol.